The molecule has 6 heteroatoms. The van der Waals surface area contributed by atoms with E-state index in [-0.39, 0.29) is 16.9 Å². The second kappa shape index (κ2) is 4.90. The van der Waals surface area contributed by atoms with Gasteiger partial charge in [0.05, 0.1) is 11.5 Å². The molecule has 2 heterocycles. The molecular weight excluding hydrogens is 284 g/mol. The molecule has 0 saturated carbocycles. The minimum Gasteiger partial charge on any atom is -0.457 e. The van der Waals surface area contributed by atoms with Crippen LogP contribution in [0.5, 0.6) is 0 Å². The molecule has 1 atom stereocenters. The Bertz CT molecular complexity index is 578. The Morgan fingerprint density at radius 1 is 1.37 bits per heavy atom. The van der Waals surface area contributed by atoms with E-state index >= 15 is 0 Å². The lowest BCUT2D eigenvalue weighted by Crippen LogP contribution is -2.18. The summed E-state index contributed by atoms with van der Waals surface area (Å²) in [5.41, 5.74) is -0.000105. The molecule has 0 N–H and O–H groups in total. The summed E-state index contributed by atoms with van der Waals surface area (Å²) < 4.78 is 27.9. The van der Waals surface area contributed by atoms with Crippen LogP contribution in [0.4, 0.5) is 0 Å². The van der Waals surface area contributed by atoms with Gasteiger partial charge in [0.15, 0.2) is 9.84 Å². The van der Waals surface area contributed by atoms with E-state index in [1.165, 1.54) is 11.3 Å². The van der Waals surface area contributed by atoms with E-state index in [2.05, 4.69) is 20.8 Å². The van der Waals surface area contributed by atoms with E-state index < -0.39 is 21.9 Å². The van der Waals surface area contributed by atoms with Crippen LogP contribution in [-0.2, 0) is 20.0 Å². The van der Waals surface area contributed by atoms with Gasteiger partial charge in [-0.15, -0.1) is 11.3 Å². The minimum atomic E-state index is -3.02. The van der Waals surface area contributed by atoms with Crippen molar-refractivity contribution in [2.45, 2.75) is 38.7 Å². The first kappa shape index (κ1) is 14.5. The number of ether oxygens (including phenoxy) is 1. The molecule has 0 aromatic carbocycles. The molecule has 0 aliphatic carbocycles. The number of thiophene rings is 1. The Hall–Kier alpha value is -0.880. The van der Waals surface area contributed by atoms with Crippen molar-refractivity contribution in [2.75, 3.05) is 11.5 Å². The molecule has 0 radical (unpaired) electrons. The second-order valence-corrected chi connectivity index (χ2v) is 9.16. The maximum Gasteiger partial charge on any atom is 0.348 e. The van der Waals surface area contributed by atoms with Gasteiger partial charge in [-0.1, -0.05) is 20.8 Å². The molecule has 1 aliphatic heterocycles. The Kier molecular flexibility index (Phi) is 3.75. The predicted octanol–water partition coefficient (Wildman–Crippen LogP) is 2.39. The average molecular weight is 302 g/mol. The van der Waals surface area contributed by atoms with Crippen molar-refractivity contribution in [3.8, 4) is 0 Å². The quantitative estimate of drug-likeness (QED) is 0.787. The molecule has 2 rings (SSSR count). The zero-order valence-corrected chi connectivity index (χ0v) is 12.9. The molecular formula is C13H18O4S2. The van der Waals surface area contributed by atoms with Crippen LogP contribution in [0.3, 0.4) is 0 Å². The van der Waals surface area contributed by atoms with Crippen molar-refractivity contribution >= 4 is 27.1 Å². The molecule has 1 aromatic heterocycles. The highest BCUT2D eigenvalue weighted by Crippen LogP contribution is 2.30. The number of hydrogen-bond acceptors (Lipinski definition) is 5. The maximum atomic E-state index is 11.9. The van der Waals surface area contributed by atoms with E-state index in [1.54, 1.807) is 6.07 Å². The fourth-order valence-electron chi connectivity index (χ4n) is 1.91. The van der Waals surface area contributed by atoms with E-state index in [0.29, 0.717) is 11.3 Å². The van der Waals surface area contributed by atoms with Crippen LogP contribution in [0, 0.1) is 0 Å². The number of rotatable bonds is 2. The van der Waals surface area contributed by atoms with E-state index in [1.807, 2.05) is 6.07 Å². The molecule has 0 unspecified atom stereocenters. The number of carbonyl (C=O) groups is 1. The highest BCUT2D eigenvalue weighted by molar-refractivity contribution is 7.91. The van der Waals surface area contributed by atoms with Crippen molar-refractivity contribution in [2.24, 2.45) is 0 Å². The lowest BCUT2D eigenvalue weighted by molar-refractivity contribution is 0.0362. The second-order valence-electron chi connectivity index (χ2n) is 5.84. The molecule has 1 saturated heterocycles. The molecule has 0 spiro atoms. The summed E-state index contributed by atoms with van der Waals surface area (Å²) in [5, 5.41) is 0. The SMILES string of the molecule is CC(C)(C)c1ccc(C(=O)O[C@@H]2CCS(=O)(=O)C2)s1. The standard InChI is InChI=1S/C13H18O4S2/c1-13(2,3)11-5-4-10(18-11)12(14)17-9-6-7-19(15,16)8-9/h4-5,9H,6-8H2,1-3H3/t9-/m1/s1. The monoisotopic (exact) mass is 302 g/mol. The summed E-state index contributed by atoms with van der Waals surface area (Å²) in [6.07, 6.45) is -0.0799. The van der Waals surface area contributed by atoms with Gasteiger partial charge in [-0.3, -0.25) is 0 Å². The number of sulfone groups is 1. The predicted molar refractivity (Wildman–Crippen MR) is 75.5 cm³/mol. The fraction of sp³-hybridized carbons (Fsp3) is 0.615. The van der Waals surface area contributed by atoms with Crippen LogP contribution < -0.4 is 0 Å². The number of esters is 1. The molecule has 0 amide bonds. The van der Waals surface area contributed by atoms with E-state index in [9.17, 15) is 13.2 Å². The van der Waals surface area contributed by atoms with Crippen molar-refractivity contribution in [3.05, 3.63) is 21.9 Å². The van der Waals surface area contributed by atoms with Gasteiger partial charge in [0.1, 0.15) is 11.0 Å². The van der Waals surface area contributed by atoms with Gasteiger partial charge in [0, 0.05) is 4.88 Å². The van der Waals surface area contributed by atoms with E-state index in [0.717, 1.165) is 4.88 Å². The molecule has 1 aromatic rings. The van der Waals surface area contributed by atoms with Gasteiger partial charge >= 0.3 is 5.97 Å². The van der Waals surface area contributed by atoms with Crippen molar-refractivity contribution in [3.63, 3.8) is 0 Å². The smallest absolute Gasteiger partial charge is 0.348 e. The van der Waals surface area contributed by atoms with Crippen LogP contribution in [0.15, 0.2) is 12.1 Å². The first-order valence-corrected chi connectivity index (χ1v) is 8.83. The number of carbonyl (C=O) groups excluding carboxylic acids is 1. The lowest BCUT2D eigenvalue weighted by atomic mass is 9.95. The highest BCUT2D eigenvalue weighted by Gasteiger charge is 2.31. The molecule has 0 bridgehead atoms. The van der Waals surface area contributed by atoms with Gasteiger partial charge in [-0.2, -0.15) is 0 Å². The van der Waals surface area contributed by atoms with Gasteiger partial charge in [-0.05, 0) is 24.0 Å². The largest absolute Gasteiger partial charge is 0.457 e. The summed E-state index contributed by atoms with van der Waals surface area (Å²) in [6, 6.07) is 3.67. The third kappa shape index (κ3) is 3.57. The molecule has 19 heavy (non-hydrogen) atoms. The maximum absolute atomic E-state index is 11.9. The third-order valence-electron chi connectivity index (χ3n) is 3.01. The average Bonchev–Trinajstić information content (AvgIpc) is 2.84. The topological polar surface area (TPSA) is 60.4 Å². The summed E-state index contributed by atoms with van der Waals surface area (Å²) in [4.78, 5) is 13.6. The van der Waals surface area contributed by atoms with Crippen molar-refractivity contribution < 1.29 is 17.9 Å². The fourth-order valence-corrected chi connectivity index (χ4v) is 4.45. The van der Waals surface area contributed by atoms with Crippen molar-refractivity contribution in [1.29, 1.82) is 0 Å². The molecule has 4 nitrogen and oxygen atoms in total. The Morgan fingerprint density at radius 2 is 2.05 bits per heavy atom. The van der Waals surface area contributed by atoms with Crippen LogP contribution >= 0.6 is 11.3 Å². The third-order valence-corrected chi connectivity index (χ3v) is 6.24. The molecule has 1 fully saturated rings. The summed E-state index contributed by atoms with van der Waals surface area (Å²) >= 11 is 1.41. The molecule has 1 aliphatic rings. The van der Waals surface area contributed by atoms with Gasteiger partial charge < -0.3 is 4.74 Å². The highest BCUT2D eigenvalue weighted by atomic mass is 32.2. The van der Waals surface area contributed by atoms with Crippen molar-refractivity contribution in [1.82, 2.24) is 0 Å². The zero-order chi connectivity index (χ0) is 14.3. The summed E-state index contributed by atoms with van der Waals surface area (Å²) in [6.45, 7) is 6.24. The number of hydrogen-bond donors (Lipinski definition) is 0. The normalized spacial score (nSPS) is 22.4. The van der Waals surface area contributed by atoms with Gasteiger partial charge in [0.2, 0.25) is 0 Å². The zero-order valence-electron chi connectivity index (χ0n) is 11.3. The van der Waals surface area contributed by atoms with Crippen LogP contribution in [0.2, 0.25) is 0 Å². The molecule has 106 valence electrons. The first-order chi connectivity index (χ1) is 8.67. The lowest BCUT2D eigenvalue weighted by Gasteiger charge is -2.15. The van der Waals surface area contributed by atoms with Crippen LogP contribution in [-0.4, -0.2) is 32.0 Å². The van der Waals surface area contributed by atoms with Crippen LogP contribution in [0.1, 0.15) is 41.7 Å². The van der Waals surface area contributed by atoms with Gasteiger partial charge in [0.25, 0.3) is 0 Å². The Balaban J connectivity index is 2.03. The Morgan fingerprint density at radius 3 is 2.53 bits per heavy atom. The Labute approximate surface area is 117 Å². The first-order valence-electron chi connectivity index (χ1n) is 6.19. The minimum absolute atomic E-state index is 0.000105. The summed E-state index contributed by atoms with van der Waals surface area (Å²) in [7, 11) is -3.02. The van der Waals surface area contributed by atoms with Gasteiger partial charge in [-0.25, -0.2) is 13.2 Å². The van der Waals surface area contributed by atoms with Crippen LogP contribution in [0.25, 0.3) is 0 Å². The summed E-state index contributed by atoms with van der Waals surface area (Å²) in [5.74, 6) is -0.346. The van der Waals surface area contributed by atoms with E-state index in [4.69, 9.17) is 4.74 Å².